The average molecular weight is 461 g/mol. The van der Waals surface area contributed by atoms with E-state index in [2.05, 4.69) is 0 Å². The van der Waals surface area contributed by atoms with E-state index < -0.39 is 0 Å². The molecule has 2 aromatic heterocycles. The molecule has 5 rings (SSSR count). The van der Waals surface area contributed by atoms with Crippen LogP contribution < -0.4 is 19.8 Å². The number of hydrogen-bond acceptors (Lipinski definition) is 6. The molecule has 168 valence electrons. The van der Waals surface area contributed by atoms with E-state index in [1.165, 1.54) is 24.2 Å². The summed E-state index contributed by atoms with van der Waals surface area (Å²) < 4.78 is 18.5. The molecule has 0 N–H and O–H groups in total. The number of ether oxygens (including phenoxy) is 3. The number of aromatic nitrogens is 2. The van der Waals surface area contributed by atoms with E-state index in [1.54, 1.807) is 24.8 Å². The molecule has 1 aliphatic rings. The van der Waals surface area contributed by atoms with Crippen molar-refractivity contribution in [1.29, 1.82) is 0 Å². The summed E-state index contributed by atoms with van der Waals surface area (Å²) in [5, 5.41) is 1.86. The Kier molecular flexibility index (Phi) is 5.88. The third-order valence-corrected chi connectivity index (χ3v) is 6.44. The summed E-state index contributed by atoms with van der Waals surface area (Å²) in [7, 11) is 3.26. The van der Waals surface area contributed by atoms with Gasteiger partial charge in [0.2, 0.25) is 0 Å². The van der Waals surface area contributed by atoms with E-state index >= 15 is 0 Å². The minimum atomic E-state index is -0.109. The van der Waals surface area contributed by atoms with Gasteiger partial charge in [0.15, 0.2) is 16.5 Å². The summed E-state index contributed by atoms with van der Waals surface area (Å²) in [6, 6.07) is 13.2. The Morgan fingerprint density at radius 2 is 1.91 bits per heavy atom. The predicted octanol–water partition coefficient (Wildman–Crippen LogP) is 5.40. The molecule has 7 heteroatoms. The van der Waals surface area contributed by atoms with E-state index in [9.17, 15) is 4.79 Å². The van der Waals surface area contributed by atoms with Crippen molar-refractivity contribution in [2.45, 2.75) is 12.8 Å². The largest absolute Gasteiger partial charge is 0.497 e. The van der Waals surface area contributed by atoms with Crippen LogP contribution in [0.25, 0.3) is 28.2 Å². The summed E-state index contributed by atoms with van der Waals surface area (Å²) in [6.45, 7) is 0.680. The Hall–Kier alpha value is -3.58. The first-order valence-corrected chi connectivity index (χ1v) is 11.7. The van der Waals surface area contributed by atoms with Gasteiger partial charge in [-0.1, -0.05) is 24.3 Å². The van der Waals surface area contributed by atoms with Crippen LogP contribution >= 0.6 is 11.3 Å². The van der Waals surface area contributed by atoms with Crippen molar-refractivity contribution in [2.75, 3.05) is 20.8 Å². The second kappa shape index (κ2) is 9.11. The van der Waals surface area contributed by atoms with Crippen LogP contribution in [0.5, 0.6) is 17.2 Å². The fourth-order valence-corrected chi connectivity index (χ4v) is 4.39. The van der Waals surface area contributed by atoms with Crippen LogP contribution in [-0.4, -0.2) is 30.2 Å². The maximum absolute atomic E-state index is 13.3. The van der Waals surface area contributed by atoms with Crippen molar-refractivity contribution in [3.05, 3.63) is 75.7 Å². The molecule has 2 heterocycles. The van der Waals surface area contributed by atoms with Crippen LogP contribution in [-0.2, 0) is 0 Å². The highest BCUT2D eigenvalue weighted by molar-refractivity contribution is 7.15. The maximum Gasteiger partial charge on any atom is 0.266 e. The number of fused-ring (bicyclic) bond motifs is 1. The molecular formula is C26H24N2O4S. The summed E-state index contributed by atoms with van der Waals surface area (Å²) >= 11 is 1.43. The topological polar surface area (TPSA) is 62.1 Å². The fraction of sp³-hybridized carbons (Fsp3) is 0.231. The second-order valence-corrected chi connectivity index (χ2v) is 8.80. The Morgan fingerprint density at radius 3 is 2.64 bits per heavy atom. The lowest BCUT2D eigenvalue weighted by Crippen LogP contribution is -2.16. The minimum absolute atomic E-state index is 0.109. The Morgan fingerprint density at radius 1 is 1.09 bits per heavy atom. The lowest BCUT2D eigenvalue weighted by atomic mass is 10.0. The van der Waals surface area contributed by atoms with Gasteiger partial charge in [-0.15, -0.1) is 11.3 Å². The molecule has 0 saturated heterocycles. The van der Waals surface area contributed by atoms with Crippen molar-refractivity contribution in [3.63, 3.8) is 0 Å². The van der Waals surface area contributed by atoms with Crippen LogP contribution in [0.1, 0.15) is 24.1 Å². The molecule has 33 heavy (non-hydrogen) atoms. The first kappa shape index (κ1) is 21.3. The summed E-state index contributed by atoms with van der Waals surface area (Å²) in [5.41, 5.74) is 2.69. The lowest BCUT2D eigenvalue weighted by molar-refractivity contribution is 0.280. The Labute approximate surface area is 195 Å². The van der Waals surface area contributed by atoms with Crippen LogP contribution in [0.3, 0.4) is 0 Å². The van der Waals surface area contributed by atoms with Gasteiger partial charge < -0.3 is 14.2 Å². The lowest BCUT2D eigenvalue weighted by Gasteiger charge is -2.13. The molecule has 6 nitrogen and oxygen atoms in total. The van der Waals surface area contributed by atoms with Gasteiger partial charge in [0.25, 0.3) is 5.56 Å². The molecule has 0 aliphatic heterocycles. The molecule has 0 radical (unpaired) electrons. The van der Waals surface area contributed by atoms with Gasteiger partial charge in [0.1, 0.15) is 5.75 Å². The number of benzene rings is 2. The Bertz CT molecular complexity index is 1370. The standard InChI is InChI=1S/C26H24N2O4S/c1-30-20-11-8-18(9-12-20)23-21(27-26-28(25(23)29)14-15-33-26)13-10-19-4-3-5-22(31-2)24(19)32-16-17-6-7-17/h3-5,8-15,17H,6-7,16H2,1-2H3. The minimum Gasteiger partial charge on any atom is -0.497 e. The number of para-hydroxylation sites is 1. The van der Waals surface area contributed by atoms with E-state index in [4.69, 9.17) is 19.2 Å². The summed E-state index contributed by atoms with van der Waals surface area (Å²) in [4.78, 5) is 18.8. The van der Waals surface area contributed by atoms with Crippen molar-refractivity contribution in [3.8, 4) is 28.4 Å². The van der Waals surface area contributed by atoms with Crippen molar-refractivity contribution in [1.82, 2.24) is 9.38 Å². The maximum atomic E-state index is 13.3. The Balaban J connectivity index is 1.59. The SMILES string of the molecule is COc1ccc(-c2c(C=Cc3cccc(OC)c3OCC3CC3)nc3sccn3c2=O)cc1. The van der Waals surface area contributed by atoms with Gasteiger partial charge in [-0.2, -0.15) is 0 Å². The normalized spacial score (nSPS) is 13.5. The van der Waals surface area contributed by atoms with Gasteiger partial charge in [-0.3, -0.25) is 9.20 Å². The van der Waals surface area contributed by atoms with Gasteiger partial charge >= 0.3 is 0 Å². The predicted molar refractivity (Wildman–Crippen MR) is 131 cm³/mol. The molecule has 0 spiro atoms. The van der Waals surface area contributed by atoms with Crippen LogP contribution in [0.2, 0.25) is 0 Å². The third kappa shape index (κ3) is 4.36. The van der Waals surface area contributed by atoms with Crippen LogP contribution in [0.15, 0.2) is 58.8 Å². The fourth-order valence-electron chi connectivity index (χ4n) is 3.68. The number of methoxy groups -OCH3 is 2. The zero-order valence-electron chi connectivity index (χ0n) is 18.5. The quantitative estimate of drug-likeness (QED) is 0.352. The van der Waals surface area contributed by atoms with Crippen molar-refractivity contribution >= 4 is 28.4 Å². The van der Waals surface area contributed by atoms with E-state index in [0.29, 0.717) is 40.2 Å². The molecular weight excluding hydrogens is 436 g/mol. The molecule has 4 aromatic rings. The van der Waals surface area contributed by atoms with Gasteiger partial charge in [-0.05, 0) is 54.7 Å². The number of hydrogen-bond donors (Lipinski definition) is 0. The molecule has 2 aromatic carbocycles. The molecule has 0 amide bonds. The highest BCUT2D eigenvalue weighted by Gasteiger charge is 2.23. The molecule has 0 atom stereocenters. The summed E-state index contributed by atoms with van der Waals surface area (Å²) in [5.74, 6) is 2.75. The van der Waals surface area contributed by atoms with E-state index in [1.807, 2.05) is 60.0 Å². The smallest absolute Gasteiger partial charge is 0.266 e. The number of rotatable bonds is 8. The zero-order valence-corrected chi connectivity index (χ0v) is 19.3. The molecule has 1 aliphatic carbocycles. The molecule has 0 unspecified atom stereocenters. The molecule has 1 fully saturated rings. The number of nitrogens with zero attached hydrogens (tertiary/aromatic N) is 2. The van der Waals surface area contributed by atoms with Crippen LogP contribution in [0, 0.1) is 5.92 Å². The average Bonchev–Trinajstić information content (AvgIpc) is 3.56. The first-order chi connectivity index (χ1) is 16.2. The second-order valence-electron chi connectivity index (χ2n) is 7.93. The zero-order chi connectivity index (χ0) is 22.8. The molecule has 0 bridgehead atoms. The van der Waals surface area contributed by atoms with Crippen LogP contribution in [0.4, 0.5) is 0 Å². The van der Waals surface area contributed by atoms with Gasteiger partial charge in [0, 0.05) is 17.1 Å². The van der Waals surface area contributed by atoms with E-state index in [0.717, 1.165) is 16.9 Å². The highest BCUT2D eigenvalue weighted by Crippen LogP contribution is 2.36. The van der Waals surface area contributed by atoms with E-state index in [-0.39, 0.29) is 5.56 Å². The van der Waals surface area contributed by atoms with Gasteiger partial charge in [-0.25, -0.2) is 4.98 Å². The monoisotopic (exact) mass is 460 g/mol. The van der Waals surface area contributed by atoms with Crippen molar-refractivity contribution in [2.24, 2.45) is 5.92 Å². The number of thiazole rings is 1. The third-order valence-electron chi connectivity index (χ3n) is 5.68. The van der Waals surface area contributed by atoms with Gasteiger partial charge in [0.05, 0.1) is 32.1 Å². The highest BCUT2D eigenvalue weighted by atomic mass is 32.1. The first-order valence-electron chi connectivity index (χ1n) is 10.8. The summed E-state index contributed by atoms with van der Waals surface area (Å²) in [6.07, 6.45) is 7.98. The van der Waals surface area contributed by atoms with Crippen molar-refractivity contribution < 1.29 is 14.2 Å². The molecule has 1 saturated carbocycles.